The molecule has 1 aromatic rings. The van der Waals surface area contributed by atoms with E-state index in [0.717, 1.165) is 25.3 Å². The summed E-state index contributed by atoms with van der Waals surface area (Å²) in [5.74, 6) is 1.22. The van der Waals surface area contributed by atoms with Crippen molar-refractivity contribution in [1.82, 2.24) is 16.0 Å². The molecular weight excluding hydrogens is 312 g/mol. The number of benzene rings is 1. The fourth-order valence-electron chi connectivity index (χ4n) is 3.17. The van der Waals surface area contributed by atoms with Crippen molar-refractivity contribution in [3.05, 3.63) is 35.4 Å². The first kappa shape index (κ1) is 19.3. The highest BCUT2D eigenvalue weighted by molar-refractivity contribution is 5.80. The van der Waals surface area contributed by atoms with Gasteiger partial charge in [0, 0.05) is 25.6 Å². The lowest BCUT2D eigenvalue weighted by atomic mass is 9.89. The van der Waals surface area contributed by atoms with Crippen LogP contribution in [0.4, 0.5) is 0 Å². The predicted octanol–water partition coefficient (Wildman–Crippen LogP) is 2.75. The van der Waals surface area contributed by atoms with Crippen molar-refractivity contribution >= 4 is 11.9 Å². The molecule has 1 saturated carbocycles. The van der Waals surface area contributed by atoms with Crippen molar-refractivity contribution in [3.63, 3.8) is 0 Å². The van der Waals surface area contributed by atoms with E-state index in [-0.39, 0.29) is 11.8 Å². The molecule has 0 unspecified atom stereocenters. The van der Waals surface area contributed by atoms with Gasteiger partial charge in [-0.1, -0.05) is 43.5 Å². The Labute approximate surface area is 151 Å². The molecule has 1 fully saturated rings. The van der Waals surface area contributed by atoms with Crippen LogP contribution < -0.4 is 16.0 Å². The summed E-state index contributed by atoms with van der Waals surface area (Å²) in [5.41, 5.74) is 2.48. The number of aliphatic imine (C=N–C) groups is 1. The Hall–Kier alpha value is -2.04. The monoisotopic (exact) mass is 344 g/mol. The van der Waals surface area contributed by atoms with Gasteiger partial charge in [-0.3, -0.25) is 4.79 Å². The lowest BCUT2D eigenvalue weighted by molar-refractivity contribution is -0.125. The summed E-state index contributed by atoms with van der Waals surface area (Å²) in [6, 6.07) is 8.29. The third kappa shape index (κ3) is 6.77. The second-order valence-corrected chi connectivity index (χ2v) is 6.67. The smallest absolute Gasteiger partial charge is 0.223 e. The summed E-state index contributed by atoms with van der Waals surface area (Å²) in [6.45, 7) is 6.93. The number of nitrogens with one attached hydrogen (secondary N) is 3. The zero-order valence-electron chi connectivity index (χ0n) is 15.6. The minimum atomic E-state index is 0.211. The number of carbonyl (C=O) groups excluding carboxylic acids is 1. The topological polar surface area (TPSA) is 65.5 Å². The van der Waals surface area contributed by atoms with Gasteiger partial charge >= 0.3 is 0 Å². The molecule has 0 spiro atoms. The highest BCUT2D eigenvalue weighted by Gasteiger charge is 2.20. The summed E-state index contributed by atoms with van der Waals surface area (Å²) in [6.07, 6.45) is 5.73. The molecule has 0 heterocycles. The molecule has 0 aliphatic heterocycles. The van der Waals surface area contributed by atoms with Crippen LogP contribution >= 0.6 is 0 Å². The largest absolute Gasteiger partial charge is 0.357 e. The number of nitrogens with zero attached hydrogens (tertiary/aromatic N) is 1. The number of guanidine groups is 1. The van der Waals surface area contributed by atoms with Gasteiger partial charge in [0.05, 0.1) is 6.54 Å². The number of aryl methyl sites for hydroxylation is 1. The Balaban J connectivity index is 1.74. The van der Waals surface area contributed by atoms with Gasteiger partial charge in [0.2, 0.25) is 5.91 Å². The van der Waals surface area contributed by atoms with Crippen molar-refractivity contribution in [3.8, 4) is 0 Å². The van der Waals surface area contributed by atoms with E-state index < -0.39 is 0 Å². The second-order valence-electron chi connectivity index (χ2n) is 6.67. The molecule has 0 aromatic heterocycles. The van der Waals surface area contributed by atoms with Gasteiger partial charge in [0.15, 0.2) is 5.96 Å². The highest BCUT2D eigenvalue weighted by Crippen LogP contribution is 2.23. The van der Waals surface area contributed by atoms with Gasteiger partial charge in [-0.15, -0.1) is 0 Å². The quantitative estimate of drug-likeness (QED) is 0.405. The SMILES string of the molecule is CCNC(=NCc1ccccc1C)NCCNC(=O)C1CCCCC1. The van der Waals surface area contributed by atoms with E-state index in [9.17, 15) is 4.79 Å². The van der Waals surface area contributed by atoms with Crippen LogP contribution in [0.2, 0.25) is 0 Å². The number of hydrogen-bond acceptors (Lipinski definition) is 2. The van der Waals surface area contributed by atoms with Crippen molar-refractivity contribution in [2.75, 3.05) is 19.6 Å². The molecular formula is C20H32N4O. The molecule has 5 nitrogen and oxygen atoms in total. The predicted molar refractivity (Wildman–Crippen MR) is 104 cm³/mol. The van der Waals surface area contributed by atoms with Crippen LogP contribution in [-0.2, 0) is 11.3 Å². The zero-order valence-corrected chi connectivity index (χ0v) is 15.6. The molecule has 0 bridgehead atoms. The van der Waals surface area contributed by atoms with Crippen LogP contribution in [0.25, 0.3) is 0 Å². The van der Waals surface area contributed by atoms with Crippen LogP contribution in [0.15, 0.2) is 29.3 Å². The molecule has 1 aliphatic rings. The van der Waals surface area contributed by atoms with Crippen LogP contribution in [-0.4, -0.2) is 31.5 Å². The van der Waals surface area contributed by atoms with E-state index >= 15 is 0 Å². The molecule has 1 aliphatic carbocycles. The maximum atomic E-state index is 12.1. The first-order valence-corrected chi connectivity index (χ1v) is 9.55. The van der Waals surface area contributed by atoms with Gasteiger partial charge < -0.3 is 16.0 Å². The Morgan fingerprint density at radius 3 is 2.52 bits per heavy atom. The van der Waals surface area contributed by atoms with E-state index in [2.05, 4.69) is 46.9 Å². The van der Waals surface area contributed by atoms with Crippen LogP contribution in [0, 0.1) is 12.8 Å². The van der Waals surface area contributed by atoms with Crippen molar-refractivity contribution < 1.29 is 4.79 Å². The van der Waals surface area contributed by atoms with Crippen LogP contribution in [0.1, 0.15) is 50.2 Å². The molecule has 3 N–H and O–H groups in total. The molecule has 0 atom stereocenters. The Bertz CT molecular complexity index is 565. The van der Waals surface area contributed by atoms with Gasteiger partial charge in [0.1, 0.15) is 0 Å². The van der Waals surface area contributed by atoms with E-state index in [0.29, 0.717) is 19.6 Å². The van der Waals surface area contributed by atoms with E-state index in [1.165, 1.54) is 30.4 Å². The lowest BCUT2D eigenvalue weighted by Crippen LogP contribution is -2.42. The molecule has 1 aromatic carbocycles. The molecule has 25 heavy (non-hydrogen) atoms. The van der Waals surface area contributed by atoms with Crippen LogP contribution in [0.3, 0.4) is 0 Å². The van der Waals surface area contributed by atoms with Crippen molar-refractivity contribution in [1.29, 1.82) is 0 Å². The number of amides is 1. The van der Waals surface area contributed by atoms with E-state index in [1.807, 2.05) is 12.1 Å². The maximum Gasteiger partial charge on any atom is 0.223 e. The highest BCUT2D eigenvalue weighted by atomic mass is 16.1. The minimum absolute atomic E-state index is 0.211. The zero-order chi connectivity index (χ0) is 17.9. The summed E-state index contributed by atoms with van der Waals surface area (Å²) >= 11 is 0. The first-order valence-electron chi connectivity index (χ1n) is 9.55. The molecule has 0 radical (unpaired) electrons. The fourth-order valence-corrected chi connectivity index (χ4v) is 3.17. The number of carbonyl (C=O) groups is 1. The van der Waals surface area contributed by atoms with Gasteiger partial charge in [-0.25, -0.2) is 4.99 Å². The minimum Gasteiger partial charge on any atom is -0.357 e. The van der Waals surface area contributed by atoms with E-state index in [1.54, 1.807) is 0 Å². The Kier molecular flexibility index (Phi) is 8.29. The Morgan fingerprint density at radius 1 is 1.08 bits per heavy atom. The average Bonchev–Trinajstić information content (AvgIpc) is 2.64. The number of hydrogen-bond donors (Lipinski definition) is 3. The number of rotatable bonds is 7. The van der Waals surface area contributed by atoms with E-state index in [4.69, 9.17) is 0 Å². The van der Waals surface area contributed by atoms with Crippen LogP contribution in [0.5, 0.6) is 0 Å². The maximum absolute atomic E-state index is 12.1. The summed E-state index contributed by atoms with van der Waals surface area (Å²) in [7, 11) is 0. The average molecular weight is 345 g/mol. The fraction of sp³-hybridized carbons (Fsp3) is 0.600. The normalized spacial score (nSPS) is 15.7. The second kappa shape index (κ2) is 10.7. The molecule has 0 saturated heterocycles. The molecule has 5 heteroatoms. The summed E-state index contributed by atoms with van der Waals surface area (Å²) in [5, 5.41) is 9.59. The summed E-state index contributed by atoms with van der Waals surface area (Å²) < 4.78 is 0. The third-order valence-electron chi connectivity index (χ3n) is 4.71. The molecule has 138 valence electrons. The lowest BCUT2D eigenvalue weighted by Gasteiger charge is -2.21. The standard InChI is InChI=1S/C20H32N4O/c1-3-21-20(24-15-18-12-8-7-9-16(18)2)23-14-13-22-19(25)17-10-5-4-6-11-17/h7-9,12,17H,3-6,10-11,13-15H2,1-2H3,(H,22,25)(H2,21,23,24). The third-order valence-corrected chi connectivity index (χ3v) is 4.71. The first-order chi connectivity index (χ1) is 12.2. The van der Waals surface area contributed by atoms with Gasteiger partial charge in [0.25, 0.3) is 0 Å². The summed E-state index contributed by atoms with van der Waals surface area (Å²) in [4.78, 5) is 16.8. The molecule has 1 amide bonds. The van der Waals surface area contributed by atoms with Gasteiger partial charge in [-0.05, 0) is 37.8 Å². The Morgan fingerprint density at radius 2 is 1.80 bits per heavy atom. The molecule has 2 rings (SSSR count). The van der Waals surface area contributed by atoms with Crippen molar-refractivity contribution in [2.24, 2.45) is 10.9 Å². The van der Waals surface area contributed by atoms with Gasteiger partial charge in [-0.2, -0.15) is 0 Å². The van der Waals surface area contributed by atoms with Crippen molar-refractivity contribution in [2.45, 2.75) is 52.5 Å².